The molecule has 2 aromatic rings. The van der Waals surface area contributed by atoms with Crippen LogP contribution in [0.2, 0.25) is 0 Å². The van der Waals surface area contributed by atoms with Crippen molar-refractivity contribution in [2.24, 2.45) is 0 Å². The molecule has 3 rings (SSSR count). The lowest BCUT2D eigenvalue weighted by Crippen LogP contribution is -2.15. The highest BCUT2D eigenvalue weighted by atomic mass is 16.5. The molecule has 1 aliphatic rings. The van der Waals surface area contributed by atoms with Gasteiger partial charge in [-0.25, -0.2) is 0 Å². The summed E-state index contributed by atoms with van der Waals surface area (Å²) in [4.78, 5) is 0. The van der Waals surface area contributed by atoms with Crippen molar-refractivity contribution in [1.29, 1.82) is 0 Å². The maximum atomic E-state index is 5.36. The number of nitrogens with zero attached hydrogens (tertiary/aromatic N) is 1. The summed E-state index contributed by atoms with van der Waals surface area (Å²) in [5.41, 5.74) is 2.70. The molecule has 19 heavy (non-hydrogen) atoms. The standard InChI is InChI=1S/C16H22N2O/c1-12(19-2)11-18-9-8-15-13(4-3-5-16(15)18)10-17-14-6-7-14/h3-5,8-9,12,14,17H,6-7,10-11H2,1-2H3. The smallest absolute Gasteiger partial charge is 0.0722 e. The summed E-state index contributed by atoms with van der Waals surface area (Å²) >= 11 is 0. The van der Waals surface area contributed by atoms with Crippen molar-refractivity contribution in [3.8, 4) is 0 Å². The van der Waals surface area contributed by atoms with Gasteiger partial charge in [0, 0.05) is 43.3 Å². The summed E-state index contributed by atoms with van der Waals surface area (Å²) < 4.78 is 7.64. The Kier molecular flexibility index (Phi) is 3.58. The monoisotopic (exact) mass is 258 g/mol. The van der Waals surface area contributed by atoms with E-state index in [-0.39, 0.29) is 6.10 Å². The van der Waals surface area contributed by atoms with Gasteiger partial charge < -0.3 is 14.6 Å². The van der Waals surface area contributed by atoms with Crippen molar-refractivity contribution in [2.75, 3.05) is 7.11 Å². The van der Waals surface area contributed by atoms with Crippen molar-refractivity contribution in [3.05, 3.63) is 36.0 Å². The van der Waals surface area contributed by atoms with Gasteiger partial charge in [0.15, 0.2) is 0 Å². The summed E-state index contributed by atoms with van der Waals surface area (Å²) in [7, 11) is 1.77. The number of ether oxygens (including phenoxy) is 1. The van der Waals surface area contributed by atoms with Crippen LogP contribution in [0.4, 0.5) is 0 Å². The minimum absolute atomic E-state index is 0.240. The molecule has 1 aromatic carbocycles. The van der Waals surface area contributed by atoms with Crippen molar-refractivity contribution in [2.45, 2.75) is 45.0 Å². The highest BCUT2D eigenvalue weighted by Crippen LogP contribution is 2.23. The third-order valence-corrected chi connectivity index (χ3v) is 3.92. The second kappa shape index (κ2) is 5.35. The fraction of sp³-hybridized carbons (Fsp3) is 0.500. The van der Waals surface area contributed by atoms with E-state index in [1.165, 1.54) is 29.3 Å². The average molecular weight is 258 g/mol. The first kappa shape index (κ1) is 12.7. The molecule has 1 fully saturated rings. The second-order valence-corrected chi connectivity index (χ2v) is 5.52. The normalized spacial score (nSPS) is 16.9. The van der Waals surface area contributed by atoms with Gasteiger partial charge in [0.2, 0.25) is 0 Å². The Morgan fingerprint density at radius 3 is 2.95 bits per heavy atom. The molecule has 102 valence electrons. The zero-order valence-corrected chi connectivity index (χ0v) is 11.7. The molecule has 0 radical (unpaired) electrons. The molecule has 0 amide bonds. The lowest BCUT2D eigenvalue weighted by molar-refractivity contribution is 0.104. The Hall–Kier alpha value is -1.32. The lowest BCUT2D eigenvalue weighted by Gasteiger charge is -2.12. The predicted octanol–water partition coefficient (Wildman–Crippen LogP) is 2.93. The van der Waals surface area contributed by atoms with E-state index in [0.717, 1.165) is 19.1 Å². The van der Waals surface area contributed by atoms with Crippen LogP contribution >= 0.6 is 0 Å². The van der Waals surface area contributed by atoms with Gasteiger partial charge in [0.05, 0.1) is 6.10 Å². The molecule has 0 aliphatic heterocycles. The van der Waals surface area contributed by atoms with Gasteiger partial charge in [-0.3, -0.25) is 0 Å². The quantitative estimate of drug-likeness (QED) is 0.862. The number of hydrogen-bond donors (Lipinski definition) is 1. The number of rotatable bonds is 6. The number of fused-ring (bicyclic) bond motifs is 1. The van der Waals surface area contributed by atoms with Crippen molar-refractivity contribution >= 4 is 10.9 Å². The molecule has 1 atom stereocenters. The van der Waals surface area contributed by atoms with Gasteiger partial charge in [-0.05, 0) is 37.5 Å². The van der Waals surface area contributed by atoms with Crippen LogP contribution in [0.1, 0.15) is 25.3 Å². The number of hydrogen-bond acceptors (Lipinski definition) is 2. The molecule has 3 nitrogen and oxygen atoms in total. The van der Waals surface area contributed by atoms with Crippen LogP contribution in [0, 0.1) is 0 Å². The van der Waals surface area contributed by atoms with E-state index in [1.54, 1.807) is 7.11 Å². The maximum absolute atomic E-state index is 5.36. The molecular weight excluding hydrogens is 236 g/mol. The third-order valence-electron chi connectivity index (χ3n) is 3.92. The summed E-state index contributed by atoms with van der Waals surface area (Å²) in [5, 5.41) is 4.95. The number of methoxy groups -OCH3 is 1. The van der Waals surface area contributed by atoms with Crippen LogP contribution in [0.5, 0.6) is 0 Å². The van der Waals surface area contributed by atoms with E-state index < -0.39 is 0 Å². The van der Waals surface area contributed by atoms with E-state index in [4.69, 9.17) is 4.74 Å². The molecule has 1 aromatic heterocycles. The first-order valence-electron chi connectivity index (χ1n) is 7.11. The SMILES string of the molecule is COC(C)Cn1ccc2c(CNC3CC3)cccc21. The highest BCUT2D eigenvalue weighted by molar-refractivity contribution is 5.83. The minimum atomic E-state index is 0.240. The topological polar surface area (TPSA) is 26.2 Å². The van der Waals surface area contributed by atoms with Gasteiger partial charge in [0.25, 0.3) is 0 Å². The third kappa shape index (κ3) is 2.82. The van der Waals surface area contributed by atoms with Gasteiger partial charge in [-0.15, -0.1) is 0 Å². The van der Waals surface area contributed by atoms with Crippen LogP contribution in [-0.4, -0.2) is 23.8 Å². The van der Waals surface area contributed by atoms with Gasteiger partial charge >= 0.3 is 0 Å². The molecule has 3 heteroatoms. The molecule has 0 bridgehead atoms. The summed E-state index contributed by atoms with van der Waals surface area (Å²) in [5.74, 6) is 0. The van der Waals surface area contributed by atoms with Crippen LogP contribution in [0.3, 0.4) is 0 Å². The average Bonchev–Trinajstić information content (AvgIpc) is 3.18. The number of nitrogens with one attached hydrogen (secondary N) is 1. The van der Waals surface area contributed by atoms with Crippen LogP contribution in [0.25, 0.3) is 10.9 Å². The Labute approximate surface area is 114 Å². The van der Waals surface area contributed by atoms with Crippen molar-refractivity contribution in [3.63, 3.8) is 0 Å². The Morgan fingerprint density at radius 1 is 1.37 bits per heavy atom. The largest absolute Gasteiger partial charge is 0.380 e. The molecule has 1 unspecified atom stereocenters. The van der Waals surface area contributed by atoms with E-state index >= 15 is 0 Å². The summed E-state index contributed by atoms with van der Waals surface area (Å²) in [6.45, 7) is 3.98. The van der Waals surface area contributed by atoms with Crippen LogP contribution < -0.4 is 5.32 Å². The van der Waals surface area contributed by atoms with E-state index in [9.17, 15) is 0 Å². The molecule has 1 heterocycles. The fourth-order valence-electron chi connectivity index (χ4n) is 2.49. The van der Waals surface area contributed by atoms with Crippen LogP contribution in [0.15, 0.2) is 30.5 Å². The van der Waals surface area contributed by atoms with Crippen molar-refractivity contribution < 1.29 is 4.74 Å². The van der Waals surface area contributed by atoms with Gasteiger partial charge in [-0.1, -0.05) is 12.1 Å². The minimum Gasteiger partial charge on any atom is -0.380 e. The Balaban J connectivity index is 1.83. The first-order chi connectivity index (χ1) is 9.28. The predicted molar refractivity (Wildman–Crippen MR) is 78.3 cm³/mol. The van der Waals surface area contributed by atoms with E-state index in [2.05, 4.69) is 47.3 Å². The summed E-state index contributed by atoms with van der Waals surface area (Å²) in [6, 6.07) is 9.55. The zero-order valence-electron chi connectivity index (χ0n) is 11.7. The Morgan fingerprint density at radius 2 is 2.21 bits per heavy atom. The summed E-state index contributed by atoms with van der Waals surface area (Å²) in [6.07, 6.45) is 5.08. The van der Waals surface area contributed by atoms with Crippen LogP contribution in [-0.2, 0) is 17.8 Å². The number of aromatic nitrogens is 1. The van der Waals surface area contributed by atoms with Gasteiger partial charge in [0.1, 0.15) is 0 Å². The van der Waals surface area contributed by atoms with Crippen molar-refractivity contribution in [1.82, 2.24) is 9.88 Å². The fourth-order valence-corrected chi connectivity index (χ4v) is 2.49. The maximum Gasteiger partial charge on any atom is 0.0722 e. The van der Waals surface area contributed by atoms with E-state index in [0.29, 0.717) is 0 Å². The molecule has 1 saturated carbocycles. The highest BCUT2D eigenvalue weighted by Gasteiger charge is 2.20. The van der Waals surface area contributed by atoms with Gasteiger partial charge in [-0.2, -0.15) is 0 Å². The molecular formula is C16H22N2O. The second-order valence-electron chi connectivity index (χ2n) is 5.52. The Bertz CT molecular complexity index is 557. The van der Waals surface area contributed by atoms with E-state index in [1.807, 2.05) is 0 Å². The molecule has 1 aliphatic carbocycles. The molecule has 0 saturated heterocycles. The molecule has 0 spiro atoms. The zero-order chi connectivity index (χ0) is 13.2. The molecule has 1 N–H and O–H groups in total. The lowest BCUT2D eigenvalue weighted by atomic mass is 10.1. The number of benzene rings is 1. The first-order valence-corrected chi connectivity index (χ1v) is 7.11.